The number of nitrogens with zero attached hydrogens (tertiary/aromatic N) is 4. The molecule has 2 aromatic carbocycles. The van der Waals surface area contributed by atoms with E-state index in [1.54, 1.807) is 22.7 Å². The molecule has 0 spiro atoms. The number of ether oxygens (including phenoxy) is 1. The summed E-state index contributed by atoms with van der Waals surface area (Å²) in [5, 5.41) is 19.5. The van der Waals surface area contributed by atoms with E-state index < -0.39 is 0 Å². The Labute approximate surface area is 194 Å². The number of thiocarbonyl (C=S) groups is 1. The van der Waals surface area contributed by atoms with Crippen LogP contribution in [0.25, 0.3) is 15.5 Å². The summed E-state index contributed by atoms with van der Waals surface area (Å²) in [5.74, 6) is 1.44. The minimum Gasteiger partial charge on any atom is -0.493 e. The maximum absolute atomic E-state index is 12.7. The van der Waals surface area contributed by atoms with Gasteiger partial charge in [0, 0.05) is 11.1 Å². The van der Waals surface area contributed by atoms with Gasteiger partial charge in [-0.05, 0) is 55.4 Å². The molecular weight excluding hydrogens is 444 g/mol. The molecule has 0 aliphatic rings. The van der Waals surface area contributed by atoms with Gasteiger partial charge in [0.25, 0.3) is 5.91 Å². The monoisotopic (exact) mass is 466 g/mol. The molecular formula is C22H22N6O2S2. The average Bonchev–Trinajstić information content (AvgIpc) is 3.34. The van der Waals surface area contributed by atoms with Gasteiger partial charge in [-0.3, -0.25) is 10.1 Å². The molecule has 0 aliphatic carbocycles. The molecule has 2 aromatic heterocycles. The zero-order valence-electron chi connectivity index (χ0n) is 17.8. The summed E-state index contributed by atoms with van der Waals surface area (Å²) in [6.07, 6.45) is 0. The topological polar surface area (TPSA) is 93.4 Å². The third-order valence-electron chi connectivity index (χ3n) is 4.46. The molecule has 0 fully saturated rings. The molecule has 0 aliphatic heterocycles. The second kappa shape index (κ2) is 9.41. The maximum atomic E-state index is 12.7. The molecule has 8 nitrogen and oxygen atoms in total. The first-order valence-electron chi connectivity index (χ1n) is 10.0. The number of aryl methyl sites for hydroxylation is 1. The van der Waals surface area contributed by atoms with Crippen molar-refractivity contribution in [1.82, 2.24) is 25.1 Å². The number of amides is 1. The predicted octanol–water partition coefficient (Wildman–Crippen LogP) is 4.32. The largest absolute Gasteiger partial charge is 0.493 e. The Morgan fingerprint density at radius 1 is 1.19 bits per heavy atom. The van der Waals surface area contributed by atoms with E-state index in [0.29, 0.717) is 28.8 Å². The van der Waals surface area contributed by atoms with Gasteiger partial charge in [-0.25, -0.2) is 0 Å². The molecule has 2 N–H and O–H groups in total. The average molecular weight is 467 g/mol. The van der Waals surface area contributed by atoms with Crippen LogP contribution in [-0.4, -0.2) is 37.4 Å². The highest BCUT2D eigenvalue weighted by molar-refractivity contribution is 7.80. The van der Waals surface area contributed by atoms with Gasteiger partial charge < -0.3 is 10.1 Å². The highest BCUT2D eigenvalue weighted by Crippen LogP contribution is 2.31. The van der Waals surface area contributed by atoms with Crippen LogP contribution < -0.4 is 15.4 Å². The van der Waals surface area contributed by atoms with E-state index >= 15 is 0 Å². The Bertz CT molecular complexity index is 1280. The first kappa shape index (κ1) is 21.8. The van der Waals surface area contributed by atoms with Crippen LogP contribution in [-0.2, 0) is 0 Å². The van der Waals surface area contributed by atoms with Crippen LogP contribution in [0.4, 0.5) is 5.69 Å². The smallest absolute Gasteiger partial charge is 0.257 e. The van der Waals surface area contributed by atoms with Gasteiger partial charge in [-0.1, -0.05) is 43.4 Å². The van der Waals surface area contributed by atoms with Crippen molar-refractivity contribution in [3.05, 3.63) is 59.9 Å². The van der Waals surface area contributed by atoms with Gasteiger partial charge in [0.1, 0.15) is 10.8 Å². The van der Waals surface area contributed by atoms with Gasteiger partial charge in [0.05, 0.1) is 12.3 Å². The van der Waals surface area contributed by atoms with Crippen molar-refractivity contribution in [2.45, 2.75) is 20.8 Å². The number of hydrogen-bond donors (Lipinski definition) is 2. The molecule has 0 saturated carbocycles. The van der Waals surface area contributed by atoms with Crippen molar-refractivity contribution in [2.75, 3.05) is 11.9 Å². The van der Waals surface area contributed by atoms with Crippen LogP contribution in [0.3, 0.4) is 0 Å². The highest BCUT2D eigenvalue weighted by Gasteiger charge is 2.15. The quantitative estimate of drug-likeness (QED) is 0.409. The summed E-state index contributed by atoms with van der Waals surface area (Å²) in [7, 11) is 0. The number of fused-ring (bicyclic) bond motifs is 1. The van der Waals surface area contributed by atoms with E-state index in [4.69, 9.17) is 17.0 Å². The Kier molecular flexibility index (Phi) is 6.42. The number of anilines is 1. The van der Waals surface area contributed by atoms with Crippen LogP contribution in [0.2, 0.25) is 0 Å². The third-order valence-corrected chi connectivity index (χ3v) is 5.60. The van der Waals surface area contributed by atoms with E-state index in [9.17, 15) is 4.79 Å². The Morgan fingerprint density at radius 3 is 2.78 bits per heavy atom. The summed E-state index contributed by atoms with van der Waals surface area (Å²) in [6.45, 7) is 6.57. The van der Waals surface area contributed by atoms with Crippen molar-refractivity contribution in [3.63, 3.8) is 0 Å². The first-order chi connectivity index (χ1) is 15.4. The van der Waals surface area contributed by atoms with E-state index in [1.165, 1.54) is 11.3 Å². The van der Waals surface area contributed by atoms with Gasteiger partial charge in [0.15, 0.2) is 10.9 Å². The van der Waals surface area contributed by atoms with Crippen molar-refractivity contribution in [2.24, 2.45) is 5.92 Å². The lowest BCUT2D eigenvalue weighted by Crippen LogP contribution is -2.34. The molecule has 0 radical (unpaired) electrons. The van der Waals surface area contributed by atoms with Crippen LogP contribution in [0.5, 0.6) is 5.75 Å². The fourth-order valence-corrected chi connectivity index (χ4v) is 4.05. The van der Waals surface area contributed by atoms with E-state index in [1.807, 2.05) is 37.3 Å². The molecule has 0 bridgehead atoms. The molecule has 32 heavy (non-hydrogen) atoms. The Morgan fingerprint density at radius 2 is 2.00 bits per heavy atom. The molecule has 4 rings (SSSR count). The number of carbonyl (C=O) groups is 1. The van der Waals surface area contributed by atoms with Crippen molar-refractivity contribution in [1.29, 1.82) is 0 Å². The van der Waals surface area contributed by atoms with Crippen molar-refractivity contribution >= 4 is 45.2 Å². The number of carbonyl (C=O) groups excluding carboxylic acids is 1. The highest BCUT2D eigenvalue weighted by atomic mass is 32.1. The van der Waals surface area contributed by atoms with E-state index in [-0.39, 0.29) is 11.0 Å². The Balaban J connectivity index is 1.47. The second-order valence-electron chi connectivity index (χ2n) is 7.54. The van der Waals surface area contributed by atoms with Crippen LogP contribution in [0, 0.1) is 12.8 Å². The minimum absolute atomic E-state index is 0.190. The number of rotatable bonds is 6. The fraction of sp³-hybridized carbons (Fsp3) is 0.227. The summed E-state index contributed by atoms with van der Waals surface area (Å²) >= 11 is 6.81. The summed E-state index contributed by atoms with van der Waals surface area (Å²) in [4.78, 5) is 13.4. The van der Waals surface area contributed by atoms with Gasteiger partial charge in [-0.15, -0.1) is 10.2 Å². The molecule has 2 heterocycles. The number of benzene rings is 2. The van der Waals surface area contributed by atoms with Crippen LogP contribution in [0.1, 0.15) is 30.0 Å². The summed E-state index contributed by atoms with van der Waals surface area (Å²) in [6, 6.07) is 14.6. The lowest BCUT2D eigenvalue weighted by atomic mass is 10.2. The number of nitrogens with one attached hydrogen (secondary N) is 2. The lowest BCUT2D eigenvalue weighted by molar-refractivity contribution is 0.0977. The zero-order chi connectivity index (χ0) is 22.7. The molecule has 0 atom stereocenters. The number of hydrogen-bond acceptors (Lipinski definition) is 7. The zero-order valence-corrected chi connectivity index (χ0v) is 19.5. The number of aromatic nitrogens is 4. The predicted molar refractivity (Wildman–Crippen MR) is 129 cm³/mol. The molecule has 164 valence electrons. The third kappa shape index (κ3) is 4.92. The van der Waals surface area contributed by atoms with Gasteiger partial charge in [-0.2, -0.15) is 9.61 Å². The summed E-state index contributed by atoms with van der Waals surface area (Å²) < 4.78 is 7.40. The fourth-order valence-electron chi connectivity index (χ4n) is 2.92. The molecule has 1 amide bonds. The van der Waals surface area contributed by atoms with Gasteiger partial charge >= 0.3 is 0 Å². The molecule has 4 aromatic rings. The lowest BCUT2D eigenvalue weighted by Gasteiger charge is -2.13. The van der Waals surface area contributed by atoms with Crippen LogP contribution in [0.15, 0.2) is 48.5 Å². The first-order valence-corrected chi connectivity index (χ1v) is 11.3. The number of para-hydroxylation sites is 1. The normalized spacial score (nSPS) is 11.0. The Hall–Kier alpha value is -3.37. The summed E-state index contributed by atoms with van der Waals surface area (Å²) in [5.41, 5.74) is 2.05. The van der Waals surface area contributed by atoms with Crippen molar-refractivity contribution in [3.8, 4) is 16.3 Å². The van der Waals surface area contributed by atoms with E-state index in [2.05, 4.69) is 39.8 Å². The minimum atomic E-state index is -0.315. The molecule has 0 saturated heterocycles. The van der Waals surface area contributed by atoms with Crippen LogP contribution >= 0.6 is 23.6 Å². The second-order valence-corrected chi connectivity index (χ2v) is 8.90. The van der Waals surface area contributed by atoms with Crippen molar-refractivity contribution < 1.29 is 9.53 Å². The standard InChI is InChI=1S/C22H22N6O2S2/c1-13(2)12-30-16-8-6-7-15(11-16)19(29)24-21(31)23-18-10-5-4-9-17(18)20-27-28-14(3)25-26-22(28)32-20/h4-11,13H,12H2,1-3H3,(H2,23,24,29,31). The SMILES string of the molecule is Cc1nnc2sc(-c3ccccc3NC(=S)NC(=O)c3cccc(OCC(C)C)c3)nn12. The molecule has 10 heteroatoms. The van der Waals surface area contributed by atoms with E-state index in [0.717, 1.165) is 22.1 Å². The van der Waals surface area contributed by atoms with Gasteiger partial charge in [0.2, 0.25) is 4.96 Å². The maximum Gasteiger partial charge on any atom is 0.257 e. The molecule has 0 unspecified atom stereocenters.